The maximum absolute atomic E-state index is 13.6. The summed E-state index contributed by atoms with van der Waals surface area (Å²) < 4.78 is 1.70. The molecule has 1 unspecified atom stereocenters. The summed E-state index contributed by atoms with van der Waals surface area (Å²) in [7, 11) is 0. The van der Waals surface area contributed by atoms with Crippen LogP contribution in [0.1, 0.15) is 37.7 Å². The Bertz CT molecular complexity index is 1350. The zero-order chi connectivity index (χ0) is 24.1. The van der Waals surface area contributed by atoms with E-state index in [4.69, 9.17) is 16.6 Å². The summed E-state index contributed by atoms with van der Waals surface area (Å²) >= 11 is 6.09. The maximum atomic E-state index is 13.6. The highest BCUT2D eigenvalue weighted by Crippen LogP contribution is 2.26. The molecule has 6 nitrogen and oxygen atoms in total. The Balaban J connectivity index is 1.79. The molecule has 1 atom stereocenters. The predicted octanol–water partition coefficient (Wildman–Crippen LogP) is 6.10. The minimum atomic E-state index is -0.398. The number of anilines is 1. The predicted molar refractivity (Wildman–Crippen MR) is 137 cm³/mol. The van der Waals surface area contributed by atoms with Crippen LogP contribution >= 0.6 is 11.6 Å². The Morgan fingerprint density at radius 3 is 2.47 bits per heavy atom. The molecule has 0 saturated carbocycles. The van der Waals surface area contributed by atoms with Gasteiger partial charge in [-0.2, -0.15) is 0 Å². The quantitative estimate of drug-likeness (QED) is 0.351. The van der Waals surface area contributed by atoms with E-state index in [1.807, 2.05) is 62.4 Å². The molecule has 0 bridgehead atoms. The van der Waals surface area contributed by atoms with Crippen LogP contribution in [0.4, 0.5) is 10.5 Å². The third-order valence-electron chi connectivity index (χ3n) is 5.81. The smallest absolute Gasteiger partial charge is 0.315 e. The van der Waals surface area contributed by atoms with Gasteiger partial charge in [0.25, 0.3) is 5.56 Å². The van der Waals surface area contributed by atoms with E-state index in [0.717, 1.165) is 5.56 Å². The van der Waals surface area contributed by atoms with Crippen molar-refractivity contribution >= 4 is 34.2 Å². The summed E-state index contributed by atoms with van der Waals surface area (Å²) in [5, 5.41) is 4.03. The van der Waals surface area contributed by atoms with E-state index < -0.39 is 6.04 Å². The molecule has 0 aliphatic carbocycles. The number of carbonyl (C=O) groups excluding carboxylic acids is 1. The van der Waals surface area contributed by atoms with Gasteiger partial charge in [-0.05, 0) is 49.2 Å². The van der Waals surface area contributed by atoms with E-state index in [9.17, 15) is 9.59 Å². The van der Waals surface area contributed by atoms with Gasteiger partial charge in [0.1, 0.15) is 5.82 Å². The number of hydrogen-bond acceptors (Lipinski definition) is 3. The molecule has 2 amide bonds. The topological polar surface area (TPSA) is 67.2 Å². The average Bonchev–Trinajstić information content (AvgIpc) is 2.85. The van der Waals surface area contributed by atoms with Gasteiger partial charge in [-0.3, -0.25) is 9.36 Å². The van der Waals surface area contributed by atoms with Gasteiger partial charge in [-0.1, -0.05) is 67.1 Å². The Hall–Kier alpha value is -3.64. The number of rotatable bonds is 7. The number of aromatic nitrogens is 2. The number of para-hydroxylation sites is 1. The third kappa shape index (κ3) is 4.97. The van der Waals surface area contributed by atoms with Gasteiger partial charge in [-0.25, -0.2) is 9.78 Å². The number of halogens is 1. The molecule has 7 heteroatoms. The lowest BCUT2D eigenvalue weighted by Gasteiger charge is -2.31. The standard InChI is InChI=1S/C27H27ClN4O2/c1-3-24(31(4-2)27(34)29-21-14-10-13-20(28)17-21)25-30-23-16-9-8-15-22(23)26(33)32(25)18-19-11-6-5-7-12-19/h5-17,24H,3-4,18H2,1-2H3,(H,29,34). The number of nitrogens with one attached hydrogen (secondary N) is 1. The number of benzene rings is 3. The first kappa shape index (κ1) is 23.5. The van der Waals surface area contributed by atoms with E-state index in [-0.39, 0.29) is 11.6 Å². The van der Waals surface area contributed by atoms with Crippen LogP contribution in [0.15, 0.2) is 83.7 Å². The monoisotopic (exact) mass is 474 g/mol. The fraction of sp³-hybridized carbons (Fsp3) is 0.222. The SMILES string of the molecule is CCC(c1nc2ccccc2c(=O)n1Cc1ccccc1)N(CC)C(=O)Nc1cccc(Cl)c1. The summed E-state index contributed by atoms with van der Waals surface area (Å²) in [6, 6.07) is 23.5. The lowest BCUT2D eigenvalue weighted by atomic mass is 10.1. The molecular weight excluding hydrogens is 448 g/mol. The van der Waals surface area contributed by atoms with Crippen molar-refractivity contribution in [3.05, 3.63) is 106 Å². The van der Waals surface area contributed by atoms with Gasteiger partial charge in [0.15, 0.2) is 0 Å². The number of urea groups is 1. The summed E-state index contributed by atoms with van der Waals surface area (Å²) in [5.41, 5.74) is 2.11. The average molecular weight is 475 g/mol. The molecule has 4 rings (SSSR count). The lowest BCUT2D eigenvalue weighted by Crippen LogP contribution is -2.41. The maximum Gasteiger partial charge on any atom is 0.322 e. The summed E-state index contributed by atoms with van der Waals surface area (Å²) in [4.78, 5) is 33.5. The van der Waals surface area contributed by atoms with E-state index in [2.05, 4.69) is 5.32 Å². The van der Waals surface area contributed by atoms with Gasteiger partial charge in [-0.15, -0.1) is 0 Å². The van der Waals surface area contributed by atoms with Crippen molar-refractivity contribution in [1.82, 2.24) is 14.5 Å². The van der Waals surface area contributed by atoms with Crippen molar-refractivity contribution in [3.63, 3.8) is 0 Å². The second-order valence-corrected chi connectivity index (χ2v) is 8.45. The minimum Gasteiger partial charge on any atom is -0.315 e. The molecule has 0 saturated heterocycles. The van der Waals surface area contributed by atoms with Crippen molar-refractivity contribution in [2.45, 2.75) is 32.9 Å². The highest BCUT2D eigenvalue weighted by atomic mass is 35.5. The molecule has 34 heavy (non-hydrogen) atoms. The van der Waals surface area contributed by atoms with E-state index in [0.29, 0.717) is 46.9 Å². The van der Waals surface area contributed by atoms with Crippen LogP contribution in [-0.4, -0.2) is 27.0 Å². The first-order valence-electron chi connectivity index (χ1n) is 11.4. The number of fused-ring (bicyclic) bond motifs is 1. The van der Waals surface area contributed by atoms with Gasteiger partial charge < -0.3 is 10.2 Å². The Morgan fingerprint density at radius 1 is 1.03 bits per heavy atom. The summed E-state index contributed by atoms with van der Waals surface area (Å²) in [6.07, 6.45) is 0.594. The molecule has 0 fully saturated rings. The van der Waals surface area contributed by atoms with Gasteiger partial charge in [0.05, 0.1) is 23.5 Å². The van der Waals surface area contributed by atoms with E-state index >= 15 is 0 Å². The van der Waals surface area contributed by atoms with E-state index in [1.165, 1.54) is 0 Å². The fourth-order valence-corrected chi connectivity index (χ4v) is 4.36. The van der Waals surface area contributed by atoms with Crippen LogP contribution < -0.4 is 10.9 Å². The van der Waals surface area contributed by atoms with Gasteiger partial charge in [0.2, 0.25) is 0 Å². The number of hydrogen-bond donors (Lipinski definition) is 1. The fourth-order valence-electron chi connectivity index (χ4n) is 4.17. The molecular formula is C27H27ClN4O2. The van der Waals surface area contributed by atoms with Gasteiger partial charge in [0, 0.05) is 17.3 Å². The minimum absolute atomic E-state index is 0.116. The molecule has 3 aromatic carbocycles. The molecule has 4 aromatic rings. The number of nitrogens with zero attached hydrogens (tertiary/aromatic N) is 3. The molecule has 0 radical (unpaired) electrons. The van der Waals surface area contributed by atoms with Crippen LogP contribution in [0.5, 0.6) is 0 Å². The second kappa shape index (κ2) is 10.5. The summed E-state index contributed by atoms with van der Waals surface area (Å²) in [5.74, 6) is 0.568. The van der Waals surface area contributed by atoms with Crippen LogP contribution in [0.3, 0.4) is 0 Å². The molecule has 0 spiro atoms. The van der Waals surface area contributed by atoms with E-state index in [1.54, 1.807) is 39.8 Å². The van der Waals surface area contributed by atoms with Crippen molar-refractivity contribution < 1.29 is 4.79 Å². The van der Waals surface area contributed by atoms with Gasteiger partial charge >= 0.3 is 6.03 Å². The molecule has 174 valence electrons. The van der Waals surface area contributed by atoms with Crippen molar-refractivity contribution in [2.24, 2.45) is 0 Å². The Labute approximate surface area is 203 Å². The van der Waals surface area contributed by atoms with Crippen LogP contribution in [-0.2, 0) is 6.54 Å². The third-order valence-corrected chi connectivity index (χ3v) is 6.05. The molecule has 1 heterocycles. The number of amides is 2. The van der Waals surface area contributed by atoms with Crippen LogP contribution in [0, 0.1) is 0 Å². The number of carbonyl (C=O) groups is 1. The first-order valence-corrected chi connectivity index (χ1v) is 11.8. The molecule has 1 aromatic heterocycles. The largest absolute Gasteiger partial charge is 0.322 e. The zero-order valence-electron chi connectivity index (χ0n) is 19.2. The highest BCUT2D eigenvalue weighted by Gasteiger charge is 2.27. The highest BCUT2D eigenvalue weighted by molar-refractivity contribution is 6.30. The van der Waals surface area contributed by atoms with Crippen molar-refractivity contribution in [3.8, 4) is 0 Å². The Morgan fingerprint density at radius 2 is 1.76 bits per heavy atom. The van der Waals surface area contributed by atoms with Crippen LogP contribution in [0.2, 0.25) is 5.02 Å². The second-order valence-electron chi connectivity index (χ2n) is 8.01. The first-order chi connectivity index (χ1) is 16.5. The van der Waals surface area contributed by atoms with Crippen LogP contribution in [0.25, 0.3) is 10.9 Å². The lowest BCUT2D eigenvalue weighted by molar-refractivity contribution is 0.184. The summed E-state index contributed by atoms with van der Waals surface area (Å²) in [6.45, 7) is 4.73. The Kier molecular flexibility index (Phi) is 7.28. The van der Waals surface area contributed by atoms with Crippen molar-refractivity contribution in [1.29, 1.82) is 0 Å². The normalized spacial score (nSPS) is 11.9. The molecule has 0 aliphatic heterocycles. The zero-order valence-corrected chi connectivity index (χ0v) is 20.0. The van der Waals surface area contributed by atoms with Crippen molar-refractivity contribution in [2.75, 3.05) is 11.9 Å². The molecule has 1 N–H and O–H groups in total. The molecule has 0 aliphatic rings.